The van der Waals surface area contributed by atoms with Crippen molar-refractivity contribution in [2.75, 3.05) is 12.4 Å². The largest absolute Gasteiger partial charge is 0.433 e. The summed E-state index contributed by atoms with van der Waals surface area (Å²) in [5.41, 5.74) is -1.84. The molecule has 0 saturated heterocycles. The highest BCUT2D eigenvalue weighted by atomic mass is 35.5. The van der Waals surface area contributed by atoms with E-state index in [1.807, 2.05) is 0 Å². The summed E-state index contributed by atoms with van der Waals surface area (Å²) < 4.78 is 46.0. The zero-order chi connectivity index (χ0) is 20.8. The van der Waals surface area contributed by atoms with Gasteiger partial charge in [-0.3, -0.25) is 0 Å². The van der Waals surface area contributed by atoms with Gasteiger partial charge in [0.1, 0.15) is 11.5 Å². The first-order chi connectivity index (χ1) is 13.8. The molecule has 1 aromatic carbocycles. The van der Waals surface area contributed by atoms with Crippen LogP contribution in [0.2, 0.25) is 5.02 Å². The molecule has 6 nitrogen and oxygen atoms in total. The van der Waals surface area contributed by atoms with E-state index < -0.39 is 17.6 Å². The highest BCUT2D eigenvalue weighted by Gasteiger charge is 2.34. The topological polar surface area (TPSA) is 69.0 Å². The van der Waals surface area contributed by atoms with E-state index in [-0.39, 0.29) is 34.3 Å². The molecule has 2 heterocycles. The van der Waals surface area contributed by atoms with Gasteiger partial charge in [-0.1, -0.05) is 23.7 Å². The summed E-state index contributed by atoms with van der Waals surface area (Å²) in [5.74, 6) is 0.189. The van der Waals surface area contributed by atoms with Gasteiger partial charge in [-0.15, -0.1) is 0 Å². The number of nitrogens with one attached hydrogen (secondary N) is 1. The van der Waals surface area contributed by atoms with Crippen molar-refractivity contribution in [1.29, 1.82) is 0 Å². The number of halogens is 4. The summed E-state index contributed by atoms with van der Waals surface area (Å²) in [7, 11) is 1.61. The molecule has 4 rings (SSSR count). The van der Waals surface area contributed by atoms with Crippen LogP contribution in [0.5, 0.6) is 0 Å². The Bertz CT molecular complexity index is 1130. The average Bonchev–Trinajstić information content (AvgIpc) is 2.64. The number of nitrogens with zero attached hydrogens (tertiary/aromatic N) is 3. The molecule has 0 unspecified atom stereocenters. The number of alkyl halides is 3. The van der Waals surface area contributed by atoms with E-state index in [0.717, 1.165) is 10.6 Å². The molecule has 1 N–H and O–H groups in total. The quantitative estimate of drug-likeness (QED) is 0.684. The molecule has 0 amide bonds. The highest BCUT2D eigenvalue weighted by Crippen LogP contribution is 2.33. The van der Waals surface area contributed by atoms with Crippen molar-refractivity contribution < 1.29 is 17.9 Å². The van der Waals surface area contributed by atoms with Gasteiger partial charge in [0.2, 0.25) is 0 Å². The lowest BCUT2D eigenvalue weighted by molar-refractivity contribution is -0.141. The maximum atomic E-state index is 13.3. The number of ether oxygens (including phenoxy) is 1. The molecule has 10 heteroatoms. The Morgan fingerprint density at radius 1 is 1.17 bits per heavy atom. The fourth-order valence-corrected chi connectivity index (χ4v) is 3.51. The van der Waals surface area contributed by atoms with Crippen molar-refractivity contribution in [2.45, 2.75) is 31.2 Å². The summed E-state index contributed by atoms with van der Waals surface area (Å²) in [6.45, 7) is 0. The van der Waals surface area contributed by atoms with Gasteiger partial charge in [0.15, 0.2) is 5.65 Å². The Morgan fingerprint density at radius 3 is 2.55 bits per heavy atom. The fourth-order valence-electron chi connectivity index (χ4n) is 3.29. The van der Waals surface area contributed by atoms with Gasteiger partial charge in [0, 0.05) is 13.2 Å². The minimum Gasteiger partial charge on any atom is -0.381 e. The Morgan fingerprint density at radius 2 is 1.90 bits per heavy atom. The number of aromatic nitrogens is 3. The van der Waals surface area contributed by atoms with Gasteiger partial charge in [-0.05, 0) is 37.1 Å². The molecule has 0 atom stereocenters. The fraction of sp³-hybridized carbons (Fsp3) is 0.316. The van der Waals surface area contributed by atoms with Crippen LogP contribution in [0.15, 0.2) is 41.2 Å². The Hall–Kier alpha value is -2.65. The lowest BCUT2D eigenvalue weighted by Gasteiger charge is -2.35. The number of fused-ring (bicyclic) bond motifs is 1. The molecule has 1 fully saturated rings. The van der Waals surface area contributed by atoms with Gasteiger partial charge in [0.05, 0.1) is 22.2 Å². The minimum absolute atomic E-state index is 0.00788. The maximum absolute atomic E-state index is 13.3. The van der Waals surface area contributed by atoms with Crippen LogP contribution < -0.4 is 11.0 Å². The minimum atomic E-state index is -4.66. The van der Waals surface area contributed by atoms with Gasteiger partial charge >= 0.3 is 11.9 Å². The van der Waals surface area contributed by atoms with E-state index in [1.165, 1.54) is 18.2 Å². The predicted octanol–water partition coefficient (Wildman–Crippen LogP) is 4.04. The zero-order valence-electron chi connectivity index (χ0n) is 15.2. The third-order valence-electron chi connectivity index (χ3n) is 4.89. The Labute approximate surface area is 168 Å². The van der Waals surface area contributed by atoms with E-state index in [4.69, 9.17) is 16.3 Å². The van der Waals surface area contributed by atoms with Crippen LogP contribution in [-0.4, -0.2) is 33.8 Å². The van der Waals surface area contributed by atoms with Gasteiger partial charge < -0.3 is 10.1 Å². The second-order valence-electron chi connectivity index (χ2n) is 6.77. The molecule has 0 radical (unpaired) electrons. The summed E-state index contributed by atoms with van der Waals surface area (Å²) in [5, 5.41) is 3.60. The first-order valence-corrected chi connectivity index (χ1v) is 9.21. The van der Waals surface area contributed by atoms with Crippen molar-refractivity contribution in [3.8, 4) is 5.69 Å². The summed E-state index contributed by atoms with van der Waals surface area (Å²) in [6, 6.07) is 8.48. The third kappa shape index (κ3) is 3.67. The van der Waals surface area contributed by atoms with E-state index in [2.05, 4.69) is 15.3 Å². The number of rotatable bonds is 4. The second kappa shape index (κ2) is 7.31. The Kier molecular flexibility index (Phi) is 4.95. The van der Waals surface area contributed by atoms with Crippen molar-refractivity contribution >= 4 is 28.5 Å². The number of hydrogen-bond donors (Lipinski definition) is 1. The lowest BCUT2D eigenvalue weighted by Crippen LogP contribution is -2.41. The predicted molar refractivity (Wildman–Crippen MR) is 103 cm³/mol. The lowest BCUT2D eigenvalue weighted by atomic mass is 9.89. The van der Waals surface area contributed by atoms with Crippen LogP contribution in [-0.2, 0) is 10.9 Å². The summed E-state index contributed by atoms with van der Waals surface area (Å²) in [6.07, 6.45) is -3.13. The number of anilines is 1. The SMILES string of the molecule is CO[C@H]1C[C@H](Nc2nc(=O)n(-c3ccccc3Cl)c3nc(C(F)(F)F)ccc23)C1. The molecule has 29 heavy (non-hydrogen) atoms. The van der Waals surface area contributed by atoms with Gasteiger partial charge in [-0.2, -0.15) is 18.2 Å². The molecule has 0 aliphatic heterocycles. The highest BCUT2D eigenvalue weighted by molar-refractivity contribution is 6.32. The van der Waals surface area contributed by atoms with Crippen LogP contribution in [0.25, 0.3) is 16.7 Å². The number of hydrogen-bond acceptors (Lipinski definition) is 5. The maximum Gasteiger partial charge on any atom is 0.433 e. The van der Waals surface area contributed by atoms with Crippen molar-refractivity contribution in [1.82, 2.24) is 14.5 Å². The normalized spacial score (nSPS) is 19.2. The number of para-hydroxylation sites is 1. The van der Waals surface area contributed by atoms with Crippen molar-refractivity contribution in [2.24, 2.45) is 0 Å². The molecule has 0 spiro atoms. The number of methoxy groups -OCH3 is 1. The molecular formula is C19H16ClF3N4O2. The van der Waals surface area contributed by atoms with E-state index >= 15 is 0 Å². The van der Waals surface area contributed by atoms with Crippen molar-refractivity contribution in [3.05, 3.63) is 57.6 Å². The standard InChI is InChI=1S/C19H16ClF3N4O2/c1-29-11-8-10(9-11)24-16-12-6-7-15(19(21,22)23)25-17(12)27(18(28)26-16)14-5-3-2-4-13(14)20/h2-7,10-11H,8-9H2,1H3,(H,24,26,28)/t10-,11-. The molecule has 1 saturated carbocycles. The van der Waals surface area contributed by atoms with Crippen molar-refractivity contribution in [3.63, 3.8) is 0 Å². The van der Waals surface area contributed by atoms with Crippen LogP contribution in [0.1, 0.15) is 18.5 Å². The van der Waals surface area contributed by atoms with E-state index in [1.54, 1.807) is 19.2 Å². The first-order valence-electron chi connectivity index (χ1n) is 8.83. The third-order valence-corrected chi connectivity index (χ3v) is 5.21. The molecule has 1 aliphatic carbocycles. The molecule has 1 aliphatic rings. The molecule has 152 valence electrons. The smallest absolute Gasteiger partial charge is 0.381 e. The van der Waals surface area contributed by atoms with E-state index in [0.29, 0.717) is 18.2 Å². The molecule has 2 aromatic heterocycles. The molecule has 0 bridgehead atoms. The van der Waals surface area contributed by atoms with Gasteiger partial charge in [0.25, 0.3) is 0 Å². The molecular weight excluding hydrogens is 409 g/mol. The van der Waals surface area contributed by atoms with E-state index in [9.17, 15) is 18.0 Å². The van der Waals surface area contributed by atoms with Gasteiger partial charge in [-0.25, -0.2) is 14.3 Å². The van der Waals surface area contributed by atoms with Crippen LogP contribution in [0, 0.1) is 0 Å². The van der Waals surface area contributed by atoms with Crippen LogP contribution >= 0.6 is 11.6 Å². The Balaban J connectivity index is 1.91. The first kappa shape index (κ1) is 19.7. The zero-order valence-corrected chi connectivity index (χ0v) is 16.0. The number of pyridine rings is 1. The number of benzene rings is 1. The summed E-state index contributed by atoms with van der Waals surface area (Å²) in [4.78, 5) is 20.6. The average molecular weight is 425 g/mol. The molecule has 3 aromatic rings. The van der Waals surface area contributed by atoms with Crippen LogP contribution in [0.4, 0.5) is 19.0 Å². The monoisotopic (exact) mass is 424 g/mol. The van der Waals surface area contributed by atoms with Crippen LogP contribution in [0.3, 0.4) is 0 Å². The second-order valence-corrected chi connectivity index (χ2v) is 7.17. The summed E-state index contributed by atoms with van der Waals surface area (Å²) >= 11 is 6.18.